The predicted octanol–water partition coefficient (Wildman–Crippen LogP) is 4.25. The minimum atomic E-state index is 0.126. The van der Waals surface area contributed by atoms with Gasteiger partial charge in [0.05, 0.1) is 5.69 Å². The van der Waals surface area contributed by atoms with Gasteiger partial charge >= 0.3 is 0 Å². The lowest BCUT2D eigenvalue weighted by Gasteiger charge is -2.18. The van der Waals surface area contributed by atoms with E-state index in [9.17, 15) is 0 Å². The standard InChI is InChI=1S/C15H28N2OS/c1-7-9-16-11(5)14-12(6)17-15(19-14)13(10(3)4)18-8-2/h10-11,13,16H,7-9H2,1-6H3. The summed E-state index contributed by atoms with van der Waals surface area (Å²) in [6.07, 6.45) is 1.28. The van der Waals surface area contributed by atoms with Gasteiger partial charge in [0, 0.05) is 17.5 Å². The number of nitrogens with zero attached hydrogens (tertiary/aromatic N) is 1. The summed E-state index contributed by atoms with van der Waals surface area (Å²) in [7, 11) is 0. The van der Waals surface area contributed by atoms with Crippen molar-refractivity contribution in [3.8, 4) is 0 Å². The maximum Gasteiger partial charge on any atom is 0.122 e. The van der Waals surface area contributed by atoms with Crippen molar-refractivity contribution in [1.82, 2.24) is 10.3 Å². The minimum Gasteiger partial charge on any atom is -0.371 e. The molecule has 0 bridgehead atoms. The second-order valence-electron chi connectivity index (χ2n) is 5.30. The number of ether oxygens (including phenoxy) is 1. The molecule has 0 amide bonds. The molecule has 0 aliphatic carbocycles. The zero-order valence-electron chi connectivity index (χ0n) is 13.1. The molecule has 1 N–H and O–H groups in total. The van der Waals surface area contributed by atoms with E-state index >= 15 is 0 Å². The number of aromatic nitrogens is 1. The summed E-state index contributed by atoms with van der Waals surface area (Å²) >= 11 is 1.80. The SMILES string of the molecule is CCCNC(C)c1sc(C(OCC)C(C)C)nc1C. The Labute approximate surface area is 121 Å². The van der Waals surface area contributed by atoms with Gasteiger partial charge in [-0.2, -0.15) is 0 Å². The van der Waals surface area contributed by atoms with Crippen molar-refractivity contribution in [2.75, 3.05) is 13.2 Å². The smallest absolute Gasteiger partial charge is 0.122 e. The van der Waals surface area contributed by atoms with Crippen LogP contribution < -0.4 is 5.32 Å². The van der Waals surface area contributed by atoms with Crippen LogP contribution in [0.1, 0.15) is 68.8 Å². The van der Waals surface area contributed by atoms with Gasteiger partial charge in [-0.25, -0.2) is 4.98 Å². The number of rotatable bonds is 8. The van der Waals surface area contributed by atoms with Gasteiger partial charge < -0.3 is 10.1 Å². The molecule has 0 fully saturated rings. The Balaban J connectivity index is 2.87. The molecule has 2 unspecified atom stereocenters. The molecule has 0 saturated heterocycles. The molecule has 19 heavy (non-hydrogen) atoms. The Bertz CT molecular complexity index is 376. The fourth-order valence-electron chi connectivity index (χ4n) is 2.14. The van der Waals surface area contributed by atoms with Gasteiger partial charge in [0.1, 0.15) is 11.1 Å². The highest BCUT2D eigenvalue weighted by molar-refractivity contribution is 7.11. The molecule has 3 nitrogen and oxygen atoms in total. The van der Waals surface area contributed by atoms with E-state index in [0.717, 1.165) is 30.3 Å². The van der Waals surface area contributed by atoms with Crippen LogP contribution in [0, 0.1) is 12.8 Å². The third-order valence-corrected chi connectivity index (χ3v) is 4.54. The van der Waals surface area contributed by atoms with E-state index in [0.29, 0.717) is 12.0 Å². The van der Waals surface area contributed by atoms with Gasteiger partial charge in [-0.1, -0.05) is 20.8 Å². The summed E-state index contributed by atoms with van der Waals surface area (Å²) in [6, 6.07) is 0.376. The largest absolute Gasteiger partial charge is 0.371 e. The third kappa shape index (κ3) is 4.55. The molecule has 1 rings (SSSR count). The van der Waals surface area contributed by atoms with Crippen molar-refractivity contribution in [3.05, 3.63) is 15.6 Å². The summed E-state index contributed by atoms with van der Waals surface area (Å²) in [5.74, 6) is 0.456. The number of hydrogen-bond acceptors (Lipinski definition) is 4. The molecule has 1 heterocycles. The van der Waals surface area contributed by atoms with Crippen molar-refractivity contribution in [3.63, 3.8) is 0 Å². The first kappa shape index (κ1) is 16.6. The van der Waals surface area contributed by atoms with Crippen molar-refractivity contribution in [1.29, 1.82) is 0 Å². The Morgan fingerprint density at radius 2 is 1.95 bits per heavy atom. The quantitative estimate of drug-likeness (QED) is 0.775. The van der Waals surface area contributed by atoms with Crippen LogP contribution >= 0.6 is 11.3 Å². The fourth-order valence-corrected chi connectivity index (χ4v) is 3.45. The zero-order valence-corrected chi connectivity index (χ0v) is 13.9. The number of hydrogen-bond donors (Lipinski definition) is 1. The molecule has 0 radical (unpaired) electrons. The molecule has 0 aliphatic rings. The van der Waals surface area contributed by atoms with Crippen molar-refractivity contribution < 1.29 is 4.74 Å². The van der Waals surface area contributed by atoms with Crippen LogP contribution in [0.5, 0.6) is 0 Å². The summed E-state index contributed by atoms with van der Waals surface area (Å²) in [5, 5.41) is 4.65. The zero-order chi connectivity index (χ0) is 14.4. The summed E-state index contributed by atoms with van der Waals surface area (Å²) < 4.78 is 5.85. The third-order valence-electron chi connectivity index (χ3n) is 3.14. The lowest BCUT2D eigenvalue weighted by molar-refractivity contribution is 0.0292. The molecule has 0 saturated carbocycles. The van der Waals surface area contributed by atoms with E-state index in [2.05, 4.69) is 39.9 Å². The second kappa shape index (κ2) is 7.98. The van der Waals surface area contributed by atoms with E-state index < -0.39 is 0 Å². The van der Waals surface area contributed by atoms with Crippen molar-refractivity contribution in [2.45, 2.75) is 60.1 Å². The number of thiazole rings is 1. The van der Waals surface area contributed by atoms with Crippen LogP contribution in [0.2, 0.25) is 0 Å². The molecule has 0 aliphatic heterocycles. The maximum atomic E-state index is 5.85. The highest BCUT2D eigenvalue weighted by Gasteiger charge is 2.22. The van der Waals surface area contributed by atoms with Gasteiger partial charge in [-0.3, -0.25) is 0 Å². The van der Waals surface area contributed by atoms with Crippen LogP contribution in [0.3, 0.4) is 0 Å². The fraction of sp³-hybridized carbons (Fsp3) is 0.800. The Morgan fingerprint density at radius 1 is 1.26 bits per heavy atom. The van der Waals surface area contributed by atoms with Crippen LogP contribution in [0.4, 0.5) is 0 Å². The molecule has 0 spiro atoms. The van der Waals surface area contributed by atoms with E-state index in [1.807, 2.05) is 6.92 Å². The highest BCUT2D eigenvalue weighted by Crippen LogP contribution is 2.33. The molecular weight excluding hydrogens is 256 g/mol. The molecule has 1 aromatic heterocycles. The lowest BCUT2D eigenvalue weighted by Crippen LogP contribution is -2.18. The van der Waals surface area contributed by atoms with Gasteiger partial charge in [0.25, 0.3) is 0 Å². The Hall–Kier alpha value is -0.450. The summed E-state index contributed by atoms with van der Waals surface area (Å²) in [6.45, 7) is 14.7. The minimum absolute atomic E-state index is 0.126. The van der Waals surface area contributed by atoms with Crippen molar-refractivity contribution >= 4 is 11.3 Å². The van der Waals surface area contributed by atoms with Crippen LogP contribution in [0.15, 0.2) is 0 Å². The first-order chi connectivity index (χ1) is 9.01. The highest BCUT2D eigenvalue weighted by atomic mass is 32.1. The van der Waals surface area contributed by atoms with E-state index in [1.54, 1.807) is 11.3 Å². The van der Waals surface area contributed by atoms with E-state index in [-0.39, 0.29) is 6.10 Å². The average Bonchev–Trinajstić information content (AvgIpc) is 2.74. The Kier molecular flexibility index (Phi) is 6.97. The van der Waals surface area contributed by atoms with E-state index in [1.165, 1.54) is 4.88 Å². The van der Waals surface area contributed by atoms with Gasteiger partial charge in [0.15, 0.2) is 0 Å². The molecule has 0 aromatic carbocycles. The first-order valence-electron chi connectivity index (χ1n) is 7.33. The van der Waals surface area contributed by atoms with Crippen molar-refractivity contribution in [2.24, 2.45) is 5.92 Å². The molecule has 110 valence electrons. The molecular formula is C15H28N2OS. The van der Waals surface area contributed by atoms with Gasteiger partial charge in [-0.05, 0) is 39.7 Å². The number of aryl methyl sites for hydroxylation is 1. The molecule has 4 heteroatoms. The second-order valence-corrected chi connectivity index (χ2v) is 6.36. The topological polar surface area (TPSA) is 34.1 Å². The normalized spacial score (nSPS) is 14.9. The maximum absolute atomic E-state index is 5.85. The van der Waals surface area contributed by atoms with Crippen LogP contribution in [-0.4, -0.2) is 18.1 Å². The van der Waals surface area contributed by atoms with E-state index in [4.69, 9.17) is 9.72 Å². The summed E-state index contributed by atoms with van der Waals surface area (Å²) in [5.41, 5.74) is 1.14. The molecule has 2 atom stereocenters. The average molecular weight is 284 g/mol. The lowest BCUT2D eigenvalue weighted by atomic mass is 10.1. The van der Waals surface area contributed by atoms with Crippen LogP contribution in [-0.2, 0) is 4.74 Å². The molecule has 1 aromatic rings. The van der Waals surface area contributed by atoms with Crippen LogP contribution in [0.25, 0.3) is 0 Å². The van der Waals surface area contributed by atoms with Gasteiger partial charge in [0.2, 0.25) is 0 Å². The summed E-state index contributed by atoms with van der Waals surface area (Å²) in [4.78, 5) is 6.07. The predicted molar refractivity (Wildman–Crippen MR) is 82.8 cm³/mol. The monoisotopic (exact) mass is 284 g/mol. The number of nitrogens with one attached hydrogen (secondary N) is 1. The first-order valence-corrected chi connectivity index (χ1v) is 8.15. The van der Waals surface area contributed by atoms with Gasteiger partial charge in [-0.15, -0.1) is 11.3 Å². The Morgan fingerprint density at radius 3 is 2.47 bits per heavy atom.